The van der Waals surface area contributed by atoms with Crippen LogP contribution in [-0.4, -0.2) is 37.2 Å². The van der Waals surface area contributed by atoms with Crippen LogP contribution in [0.1, 0.15) is 316 Å². The van der Waals surface area contributed by atoms with Gasteiger partial charge in [-0.3, -0.25) is 14.4 Å². The first-order chi connectivity index (χ1) is 35.0. The van der Waals surface area contributed by atoms with Crippen LogP contribution >= 0.6 is 0 Å². The molecule has 0 aliphatic heterocycles. The van der Waals surface area contributed by atoms with E-state index >= 15 is 0 Å². The van der Waals surface area contributed by atoms with Crippen LogP contribution in [-0.2, 0) is 28.6 Å². The summed E-state index contributed by atoms with van der Waals surface area (Å²) in [4.78, 5) is 38.1. The van der Waals surface area contributed by atoms with Crippen LogP contribution in [0.15, 0.2) is 60.8 Å². The first-order valence-corrected chi connectivity index (χ1v) is 30.8. The molecule has 0 aromatic carbocycles. The highest BCUT2D eigenvalue weighted by Crippen LogP contribution is 2.17. The minimum Gasteiger partial charge on any atom is -0.462 e. The van der Waals surface area contributed by atoms with Crippen LogP contribution in [0.2, 0.25) is 0 Å². The Morgan fingerprint density at radius 1 is 0.282 bits per heavy atom. The van der Waals surface area contributed by atoms with E-state index in [4.69, 9.17) is 14.2 Å². The number of esters is 3. The van der Waals surface area contributed by atoms with E-state index in [-0.39, 0.29) is 31.1 Å². The fourth-order valence-corrected chi connectivity index (χ4v) is 8.79. The average molecular weight is 994 g/mol. The number of carbonyl (C=O) groups is 3. The minimum absolute atomic E-state index is 0.0805. The fourth-order valence-electron chi connectivity index (χ4n) is 8.79. The Hall–Kier alpha value is -2.89. The summed E-state index contributed by atoms with van der Waals surface area (Å²) in [5.74, 6) is -0.895. The van der Waals surface area contributed by atoms with Crippen molar-refractivity contribution in [3.63, 3.8) is 0 Å². The Kier molecular flexibility index (Phi) is 57.2. The van der Waals surface area contributed by atoms with Gasteiger partial charge in [-0.1, -0.05) is 261 Å². The molecule has 0 spiro atoms. The predicted molar refractivity (Wildman–Crippen MR) is 307 cm³/mol. The van der Waals surface area contributed by atoms with Crippen molar-refractivity contribution in [1.82, 2.24) is 0 Å². The Balaban J connectivity index is 4.12. The predicted octanol–water partition coefficient (Wildman–Crippen LogP) is 20.8. The Morgan fingerprint density at radius 2 is 0.549 bits per heavy atom. The van der Waals surface area contributed by atoms with Crippen LogP contribution in [0.3, 0.4) is 0 Å². The van der Waals surface area contributed by atoms with Crippen molar-refractivity contribution in [1.29, 1.82) is 0 Å². The summed E-state index contributed by atoms with van der Waals surface area (Å²) >= 11 is 0. The van der Waals surface area contributed by atoms with Crippen LogP contribution < -0.4 is 0 Å². The molecule has 412 valence electrons. The summed E-state index contributed by atoms with van der Waals surface area (Å²) in [7, 11) is 0. The van der Waals surface area contributed by atoms with Gasteiger partial charge in [-0.05, 0) is 96.3 Å². The molecule has 0 bridgehead atoms. The van der Waals surface area contributed by atoms with Crippen molar-refractivity contribution < 1.29 is 28.6 Å². The number of hydrogen-bond donors (Lipinski definition) is 0. The average Bonchev–Trinajstić information content (AvgIpc) is 3.37. The van der Waals surface area contributed by atoms with Crippen molar-refractivity contribution in [2.45, 2.75) is 322 Å². The first kappa shape index (κ1) is 68.1. The first-order valence-electron chi connectivity index (χ1n) is 30.8. The lowest BCUT2D eigenvalue weighted by atomic mass is 10.0. The Morgan fingerprint density at radius 3 is 0.887 bits per heavy atom. The van der Waals surface area contributed by atoms with Crippen molar-refractivity contribution in [2.24, 2.45) is 0 Å². The summed E-state index contributed by atoms with van der Waals surface area (Å²) in [5.41, 5.74) is 0. The van der Waals surface area contributed by atoms with Crippen molar-refractivity contribution >= 4 is 17.9 Å². The van der Waals surface area contributed by atoms with Gasteiger partial charge < -0.3 is 14.2 Å². The standard InChI is InChI=1S/C65H116O6/c1-4-7-10-13-16-19-22-24-26-27-28-29-30-31-32-33-34-35-36-37-38-39-40-42-43-46-49-52-55-58-64(67)70-61-62(60-69-63(66)57-54-51-48-45-21-18-15-12-9-6-3)71-65(68)59-56-53-50-47-44-41-25-23-20-17-14-11-8-5-2/h12,14-15,17,22-25,27-28,62H,4-11,13,16,18-21,26,29-61H2,1-3H3/b15-12-,17-14-,24-22-,25-23-,28-27-. The molecule has 0 amide bonds. The zero-order chi connectivity index (χ0) is 51.4. The number of unbranched alkanes of at least 4 members (excludes halogenated alkanes) is 35. The van der Waals surface area contributed by atoms with Gasteiger partial charge in [-0.25, -0.2) is 0 Å². The molecule has 0 aromatic rings. The minimum atomic E-state index is -0.783. The molecule has 0 radical (unpaired) electrons. The van der Waals surface area contributed by atoms with Crippen LogP contribution in [0.4, 0.5) is 0 Å². The summed E-state index contributed by atoms with van der Waals surface area (Å²) in [6.45, 7) is 6.53. The molecular formula is C65H116O6. The maximum absolute atomic E-state index is 12.8. The zero-order valence-electron chi connectivity index (χ0n) is 47.2. The molecule has 0 saturated heterocycles. The van der Waals surface area contributed by atoms with Gasteiger partial charge in [0.1, 0.15) is 13.2 Å². The highest BCUT2D eigenvalue weighted by Gasteiger charge is 2.19. The number of rotatable bonds is 56. The molecule has 1 atom stereocenters. The number of carbonyl (C=O) groups excluding carboxylic acids is 3. The monoisotopic (exact) mass is 993 g/mol. The SMILES string of the molecule is CCC/C=C\CCCCCCCC(=O)OCC(COC(=O)CCCCCCCCCCCCCCCCCCC/C=C\C/C=C\CCCCCCC)OC(=O)CCCCCCC/C=C\C/C=C\CCCC. The summed E-state index contributed by atoms with van der Waals surface area (Å²) < 4.78 is 16.8. The molecule has 0 fully saturated rings. The molecule has 71 heavy (non-hydrogen) atoms. The van der Waals surface area contributed by atoms with Gasteiger partial charge in [0.25, 0.3) is 0 Å². The highest BCUT2D eigenvalue weighted by molar-refractivity contribution is 5.71. The second kappa shape index (κ2) is 59.7. The van der Waals surface area contributed by atoms with Gasteiger partial charge >= 0.3 is 17.9 Å². The highest BCUT2D eigenvalue weighted by atomic mass is 16.6. The number of ether oxygens (including phenoxy) is 3. The van der Waals surface area contributed by atoms with Crippen molar-refractivity contribution in [2.75, 3.05) is 13.2 Å². The Labute approximate surface area is 440 Å². The van der Waals surface area contributed by atoms with E-state index in [0.717, 1.165) is 103 Å². The van der Waals surface area contributed by atoms with Gasteiger partial charge in [-0.2, -0.15) is 0 Å². The third-order valence-corrected chi connectivity index (χ3v) is 13.4. The van der Waals surface area contributed by atoms with E-state index in [0.29, 0.717) is 19.3 Å². The van der Waals surface area contributed by atoms with Crippen LogP contribution in [0.5, 0.6) is 0 Å². The second-order valence-electron chi connectivity index (χ2n) is 20.6. The van der Waals surface area contributed by atoms with Gasteiger partial charge in [0.05, 0.1) is 0 Å². The molecule has 1 unspecified atom stereocenters. The quantitative estimate of drug-likeness (QED) is 0.0261. The lowest BCUT2D eigenvalue weighted by Crippen LogP contribution is -2.30. The van der Waals surface area contributed by atoms with Gasteiger partial charge in [0.2, 0.25) is 0 Å². The van der Waals surface area contributed by atoms with E-state index < -0.39 is 6.10 Å². The van der Waals surface area contributed by atoms with Crippen LogP contribution in [0, 0.1) is 0 Å². The third-order valence-electron chi connectivity index (χ3n) is 13.4. The third kappa shape index (κ3) is 57.9. The van der Waals surface area contributed by atoms with Gasteiger partial charge in [0.15, 0.2) is 6.10 Å². The molecule has 6 nitrogen and oxygen atoms in total. The lowest BCUT2D eigenvalue weighted by Gasteiger charge is -2.18. The van der Waals surface area contributed by atoms with Crippen molar-refractivity contribution in [3.05, 3.63) is 60.8 Å². The second-order valence-corrected chi connectivity index (χ2v) is 20.6. The number of hydrogen-bond acceptors (Lipinski definition) is 6. The zero-order valence-corrected chi connectivity index (χ0v) is 47.2. The molecule has 0 N–H and O–H groups in total. The summed E-state index contributed by atoms with van der Waals surface area (Å²) in [6, 6.07) is 0. The molecular weight excluding hydrogens is 877 g/mol. The Bertz CT molecular complexity index is 1280. The number of allylic oxidation sites excluding steroid dienone is 10. The molecule has 0 aliphatic rings. The van der Waals surface area contributed by atoms with Gasteiger partial charge in [0, 0.05) is 19.3 Å². The van der Waals surface area contributed by atoms with Crippen molar-refractivity contribution in [3.8, 4) is 0 Å². The van der Waals surface area contributed by atoms with E-state index in [1.165, 1.54) is 173 Å². The maximum atomic E-state index is 12.8. The van der Waals surface area contributed by atoms with E-state index in [9.17, 15) is 14.4 Å². The summed E-state index contributed by atoms with van der Waals surface area (Å²) in [6.07, 6.45) is 75.3. The molecule has 0 heterocycles. The lowest BCUT2D eigenvalue weighted by molar-refractivity contribution is -0.167. The molecule has 0 rings (SSSR count). The largest absolute Gasteiger partial charge is 0.462 e. The van der Waals surface area contributed by atoms with E-state index in [2.05, 4.69) is 81.5 Å². The molecule has 0 aliphatic carbocycles. The van der Waals surface area contributed by atoms with Gasteiger partial charge in [-0.15, -0.1) is 0 Å². The normalized spacial score (nSPS) is 12.4. The summed E-state index contributed by atoms with van der Waals surface area (Å²) in [5, 5.41) is 0. The van der Waals surface area contributed by atoms with E-state index in [1.807, 2.05) is 0 Å². The fraction of sp³-hybridized carbons (Fsp3) is 0.800. The maximum Gasteiger partial charge on any atom is 0.306 e. The molecule has 6 heteroatoms. The molecule has 0 saturated carbocycles. The topological polar surface area (TPSA) is 78.9 Å². The van der Waals surface area contributed by atoms with Crippen LogP contribution in [0.25, 0.3) is 0 Å². The van der Waals surface area contributed by atoms with E-state index in [1.54, 1.807) is 0 Å². The smallest absolute Gasteiger partial charge is 0.306 e. The molecule has 0 aromatic heterocycles.